The summed E-state index contributed by atoms with van der Waals surface area (Å²) in [4.78, 5) is 1.75. The van der Waals surface area contributed by atoms with Crippen LogP contribution in [0.1, 0.15) is 5.56 Å². The summed E-state index contributed by atoms with van der Waals surface area (Å²) in [6.07, 6.45) is 0. The highest BCUT2D eigenvalue weighted by molar-refractivity contribution is 9.10. The minimum absolute atomic E-state index is 0.286. The van der Waals surface area contributed by atoms with E-state index < -0.39 is 0 Å². The molecule has 0 amide bonds. The molecule has 1 nitrogen and oxygen atoms in total. The minimum atomic E-state index is -0.366. The fourth-order valence-electron chi connectivity index (χ4n) is 1.42. The van der Waals surface area contributed by atoms with Crippen LogP contribution in [0.25, 0.3) is 0 Å². The zero-order valence-electron chi connectivity index (χ0n) is 8.86. The topological polar surface area (TPSA) is 20.2 Å². The highest BCUT2D eigenvalue weighted by Crippen LogP contribution is 2.32. The van der Waals surface area contributed by atoms with Crippen LogP contribution in [0.4, 0.5) is 4.39 Å². The molecule has 0 aliphatic heterocycles. The van der Waals surface area contributed by atoms with Crippen molar-refractivity contribution in [3.63, 3.8) is 0 Å². The number of aliphatic hydroxyl groups is 1. The summed E-state index contributed by atoms with van der Waals surface area (Å²) in [5.41, 5.74) is 0.348. The maximum atomic E-state index is 13.4. The first kappa shape index (κ1) is 12.6. The Hall–Kier alpha value is -0.840. The zero-order chi connectivity index (χ0) is 12.3. The van der Waals surface area contributed by atoms with Crippen LogP contribution in [0, 0.1) is 5.82 Å². The van der Waals surface area contributed by atoms with Gasteiger partial charge < -0.3 is 5.11 Å². The minimum Gasteiger partial charge on any atom is -0.392 e. The molecule has 2 aromatic rings. The number of rotatable bonds is 3. The molecule has 0 radical (unpaired) electrons. The fraction of sp³-hybridized carbons (Fsp3) is 0.0769. The van der Waals surface area contributed by atoms with Gasteiger partial charge >= 0.3 is 0 Å². The van der Waals surface area contributed by atoms with Crippen molar-refractivity contribution in [3.05, 3.63) is 58.3 Å². The lowest BCUT2D eigenvalue weighted by Crippen LogP contribution is -1.92. The van der Waals surface area contributed by atoms with E-state index in [1.165, 1.54) is 17.8 Å². The molecule has 0 heterocycles. The van der Waals surface area contributed by atoms with E-state index in [1.54, 1.807) is 12.1 Å². The summed E-state index contributed by atoms with van der Waals surface area (Å²) >= 11 is 4.80. The normalized spacial score (nSPS) is 10.5. The van der Waals surface area contributed by atoms with Crippen molar-refractivity contribution < 1.29 is 9.50 Å². The number of benzene rings is 2. The van der Waals surface area contributed by atoms with E-state index >= 15 is 0 Å². The van der Waals surface area contributed by atoms with Gasteiger partial charge in [0.1, 0.15) is 5.82 Å². The van der Waals surface area contributed by atoms with E-state index in [0.717, 1.165) is 14.3 Å². The second kappa shape index (κ2) is 5.67. The first-order valence-electron chi connectivity index (χ1n) is 5.02. The molecule has 0 atom stereocenters. The van der Waals surface area contributed by atoms with Gasteiger partial charge in [0.25, 0.3) is 0 Å². The average molecular weight is 313 g/mol. The summed E-state index contributed by atoms with van der Waals surface area (Å²) in [6.45, 7) is -0.286. The van der Waals surface area contributed by atoms with Gasteiger partial charge in [0.15, 0.2) is 0 Å². The van der Waals surface area contributed by atoms with Crippen molar-refractivity contribution >= 4 is 27.7 Å². The monoisotopic (exact) mass is 312 g/mol. The maximum Gasteiger partial charge on any atom is 0.129 e. The second-order valence-corrected chi connectivity index (χ2v) is 5.46. The lowest BCUT2D eigenvalue weighted by atomic mass is 10.2. The SMILES string of the molecule is OCc1c(F)cccc1Sc1ccc(Br)cc1. The predicted molar refractivity (Wildman–Crippen MR) is 70.6 cm³/mol. The van der Waals surface area contributed by atoms with Gasteiger partial charge in [-0.2, -0.15) is 0 Å². The average Bonchev–Trinajstić information content (AvgIpc) is 2.32. The van der Waals surface area contributed by atoms with Gasteiger partial charge in [-0.05, 0) is 36.4 Å². The Morgan fingerprint density at radius 3 is 2.47 bits per heavy atom. The molecule has 4 heteroatoms. The predicted octanol–water partition coefficient (Wildman–Crippen LogP) is 4.23. The van der Waals surface area contributed by atoms with Crippen LogP contribution in [0.3, 0.4) is 0 Å². The molecule has 0 fully saturated rings. The summed E-state index contributed by atoms with van der Waals surface area (Å²) in [5, 5.41) is 9.16. The van der Waals surface area contributed by atoms with Crippen molar-refractivity contribution in [1.29, 1.82) is 0 Å². The smallest absolute Gasteiger partial charge is 0.129 e. The third-order valence-electron chi connectivity index (χ3n) is 2.28. The summed E-state index contributed by atoms with van der Waals surface area (Å²) in [5.74, 6) is -0.366. The molecular weight excluding hydrogens is 303 g/mol. The molecule has 0 saturated carbocycles. The molecule has 2 rings (SSSR count). The van der Waals surface area contributed by atoms with Crippen molar-refractivity contribution in [3.8, 4) is 0 Å². The van der Waals surface area contributed by atoms with Gasteiger partial charge in [0, 0.05) is 19.8 Å². The number of aliphatic hydroxyl groups excluding tert-OH is 1. The van der Waals surface area contributed by atoms with E-state index in [-0.39, 0.29) is 12.4 Å². The fourth-order valence-corrected chi connectivity index (χ4v) is 2.64. The largest absolute Gasteiger partial charge is 0.392 e. The lowest BCUT2D eigenvalue weighted by molar-refractivity contribution is 0.272. The Labute approximate surface area is 112 Å². The third-order valence-corrected chi connectivity index (χ3v) is 3.91. The number of halogens is 2. The van der Waals surface area contributed by atoms with Crippen LogP contribution in [-0.2, 0) is 6.61 Å². The van der Waals surface area contributed by atoms with Crippen molar-refractivity contribution in [1.82, 2.24) is 0 Å². The van der Waals surface area contributed by atoms with Gasteiger partial charge in [0.2, 0.25) is 0 Å². The molecule has 0 saturated heterocycles. The summed E-state index contributed by atoms with van der Waals surface area (Å²) < 4.78 is 14.4. The van der Waals surface area contributed by atoms with Gasteiger partial charge in [0.05, 0.1) is 6.61 Å². The molecule has 0 spiro atoms. The zero-order valence-corrected chi connectivity index (χ0v) is 11.3. The van der Waals surface area contributed by atoms with Crippen molar-refractivity contribution in [2.75, 3.05) is 0 Å². The lowest BCUT2D eigenvalue weighted by Gasteiger charge is -2.07. The quantitative estimate of drug-likeness (QED) is 0.915. The molecule has 0 aliphatic carbocycles. The van der Waals surface area contributed by atoms with Gasteiger partial charge in [-0.3, -0.25) is 0 Å². The Morgan fingerprint density at radius 2 is 1.82 bits per heavy atom. The van der Waals surface area contributed by atoms with Gasteiger partial charge in [-0.1, -0.05) is 33.8 Å². The maximum absolute atomic E-state index is 13.4. The molecule has 1 N–H and O–H groups in total. The Bertz CT molecular complexity index is 513. The van der Waals surface area contributed by atoms with E-state index in [0.29, 0.717) is 5.56 Å². The molecule has 2 aromatic carbocycles. The molecule has 0 aliphatic rings. The van der Waals surface area contributed by atoms with Crippen LogP contribution in [0.2, 0.25) is 0 Å². The summed E-state index contributed by atoms with van der Waals surface area (Å²) in [6, 6.07) is 12.6. The molecule has 17 heavy (non-hydrogen) atoms. The van der Waals surface area contributed by atoms with Crippen LogP contribution < -0.4 is 0 Å². The van der Waals surface area contributed by atoms with E-state index in [4.69, 9.17) is 5.11 Å². The molecular formula is C13H10BrFOS. The Kier molecular flexibility index (Phi) is 4.20. The number of hydrogen-bond acceptors (Lipinski definition) is 2. The van der Waals surface area contributed by atoms with E-state index in [1.807, 2.05) is 24.3 Å². The molecule has 0 aromatic heterocycles. The molecule has 0 unspecified atom stereocenters. The second-order valence-electron chi connectivity index (χ2n) is 3.43. The Balaban J connectivity index is 2.29. The first-order valence-corrected chi connectivity index (χ1v) is 6.63. The van der Waals surface area contributed by atoms with Crippen LogP contribution in [-0.4, -0.2) is 5.11 Å². The molecule has 0 bridgehead atoms. The van der Waals surface area contributed by atoms with Crippen LogP contribution >= 0.6 is 27.7 Å². The highest BCUT2D eigenvalue weighted by atomic mass is 79.9. The number of hydrogen-bond donors (Lipinski definition) is 1. The van der Waals surface area contributed by atoms with Crippen LogP contribution in [0.5, 0.6) is 0 Å². The van der Waals surface area contributed by atoms with Crippen LogP contribution in [0.15, 0.2) is 56.7 Å². The van der Waals surface area contributed by atoms with E-state index in [2.05, 4.69) is 15.9 Å². The third kappa shape index (κ3) is 3.09. The van der Waals surface area contributed by atoms with Gasteiger partial charge in [-0.25, -0.2) is 4.39 Å². The molecule has 88 valence electrons. The van der Waals surface area contributed by atoms with Gasteiger partial charge in [-0.15, -0.1) is 0 Å². The first-order chi connectivity index (χ1) is 8.20. The summed E-state index contributed by atoms with van der Waals surface area (Å²) in [7, 11) is 0. The van der Waals surface area contributed by atoms with Crippen molar-refractivity contribution in [2.45, 2.75) is 16.4 Å². The van der Waals surface area contributed by atoms with E-state index in [9.17, 15) is 4.39 Å². The Morgan fingerprint density at radius 1 is 1.12 bits per heavy atom. The standard InChI is InChI=1S/C13H10BrFOS/c14-9-4-6-10(7-5-9)17-13-3-1-2-12(15)11(13)8-16/h1-7,16H,8H2. The highest BCUT2D eigenvalue weighted by Gasteiger charge is 2.08. The van der Waals surface area contributed by atoms with Crippen molar-refractivity contribution in [2.24, 2.45) is 0 Å².